The Morgan fingerprint density at radius 1 is 1.03 bits per heavy atom. The van der Waals surface area contributed by atoms with Crippen LogP contribution in [-0.2, 0) is 11.3 Å². The Kier molecular flexibility index (Phi) is 7.09. The predicted octanol–water partition coefficient (Wildman–Crippen LogP) is 4.94. The minimum atomic E-state index is -2.80. The summed E-state index contributed by atoms with van der Waals surface area (Å²) in [5.41, 5.74) is -0.266. The van der Waals surface area contributed by atoms with Gasteiger partial charge in [0.25, 0.3) is 12.0 Å². The first kappa shape index (κ1) is 21.8. The van der Waals surface area contributed by atoms with E-state index in [1.807, 2.05) is 0 Å². The van der Waals surface area contributed by atoms with Gasteiger partial charge in [-0.2, -0.15) is 8.78 Å². The first-order chi connectivity index (χ1) is 14.4. The topological polar surface area (TPSA) is 57.0 Å². The number of fused-ring (bicyclic) bond motifs is 1. The van der Waals surface area contributed by atoms with Crippen molar-refractivity contribution in [1.82, 2.24) is 14.5 Å². The Morgan fingerprint density at radius 2 is 1.83 bits per heavy atom. The van der Waals surface area contributed by atoms with Crippen molar-refractivity contribution in [2.75, 3.05) is 6.61 Å². The van der Waals surface area contributed by atoms with Gasteiger partial charge in [0, 0.05) is 23.9 Å². The van der Waals surface area contributed by atoms with Crippen LogP contribution in [0.5, 0.6) is 0 Å². The van der Waals surface area contributed by atoms with Crippen molar-refractivity contribution in [2.45, 2.75) is 38.8 Å². The zero-order valence-corrected chi connectivity index (χ0v) is 15.7. The van der Waals surface area contributed by atoms with Gasteiger partial charge < -0.3 is 4.74 Å². The van der Waals surface area contributed by atoms with Gasteiger partial charge in [-0.25, -0.2) is 18.2 Å². The summed E-state index contributed by atoms with van der Waals surface area (Å²) < 4.78 is 69.2. The van der Waals surface area contributed by atoms with E-state index in [0.29, 0.717) is 25.8 Å². The number of rotatable bonds is 9. The van der Waals surface area contributed by atoms with E-state index < -0.39 is 24.4 Å². The Labute approximate surface area is 168 Å². The molecule has 3 aromatic rings. The van der Waals surface area contributed by atoms with Gasteiger partial charge in [-0.1, -0.05) is 0 Å². The van der Waals surface area contributed by atoms with Crippen LogP contribution >= 0.6 is 0 Å². The molecule has 2 aromatic heterocycles. The molecule has 1 aromatic carbocycles. The lowest BCUT2D eigenvalue weighted by atomic mass is 10.1. The summed E-state index contributed by atoms with van der Waals surface area (Å²) in [6, 6.07) is 4.84. The highest BCUT2D eigenvalue weighted by Crippen LogP contribution is 2.26. The second kappa shape index (κ2) is 9.75. The number of alkyl halides is 4. The van der Waals surface area contributed by atoms with Gasteiger partial charge in [0.2, 0.25) is 0 Å². The molecule has 0 radical (unpaired) electrons. The monoisotopic (exact) mass is 427 g/mol. The molecule has 5 nitrogen and oxygen atoms in total. The fourth-order valence-electron chi connectivity index (χ4n) is 2.96. The van der Waals surface area contributed by atoms with Crippen LogP contribution < -0.4 is 5.56 Å². The molecule has 0 aliphatic rings. The van der Waals surface area contributed by atoms with Crippen molar-refractivity contribution in [2.24, 2.45) is 0 Å². The van der Waals surface area contributed by atoms with Gasteiger partial charge >= 0.3 is 6.61 Å². The number of unbranched alkanes of at least 4 members (excludes halogenated alkanes) is 2. The molecule has 0 aliphatic heterocycles. The quantitative estimate of drug-likeness (QED) is 0.358. The molecule has 0 bridgehead atoms. The average Bonchev–Trinajstić information content (AvgIpc) is 2.72. The summed E-state index contributed by atoms with van der Waals surface area (Å²) in [5, 5.41) is 0.0731. The maximum absolute atomic E-state index is 14.6. The van der Waals surface area contributed by atoms with Crippen LogP contribution in [-0.4, -0.2) is 27.8 Å². The number of nitrogens with zero attached hydrogens (tertiary/aromatic N) is 3. The number of halogens is 5. The molecule has 0 saturated heterocycles. The third-order valence-electron chi connectivity index (χ3n) is 4.51. The van der Waals surface area contributed by atoms with Crippen LogP contribution in [0.2, 0.25) is 0 Å². The zero-order chi connectivity index (χ0) is 21.7. The minimum absolute atomic E-state index is 0.0481. The molecule has 0 spiro atoms. The number of benzene rings is 1. The Hall–Kier alpha value is -2.88. The number of hydrogen-bond acceptors (Lipinski definition) is 4. The van der Waals surface area contributed by atoms with E-state index in [-0.39, 0.29) is 34.3 Å². The summed E-state index contributed by atoms with van der Waals surface area (Å²) in [5.74, 6) is -0.722. The van der Waals surface area contributed by atoms with Crippen molar-refractivity contribution >= 4 is 10.9 Å². The lowest BCUT2D eigenvalue weighted by Gasteiger charge is -2.09. The van der Waals surface area contributed by atoms with Crippen molar-refractivity contribution in [1.29, 1.82) is 0 Å². The molecular formula is C20H18F5N3O2. The number of hydrogen-bond donors (Lipinski definition) is 0. The highest BCUT2D eigenvalue weighted by molar-refractivity contribution is 5.83. The van der Waals surface area contributed by atoms with Crippen LogP contribution in [0.15, 0.2) is 41.6 Å². The van der Waals surface area contributed by atoms with E-state index in [0.717, 1.165) is 18.3 Å². The fourth-order valence-corrected chi connectivity index (χ4v) is 2.96. The zero-order valence-electron chi connectivity index (χ0n) is 15.7. The molecule has 2 heterocycles. The summed E-state index contributed by atoms with van der Waals surface area (Å²) in [6.45, 7) is -2.56. The van der Waals surface area contributed by atoms with Crippen LogP contribution in [0, 0.1) is 5.82 Å². The number of aryl methyl sites for hydroxylation is 1. The van der Waals surface area contributed by atoms with Gasteiger partial charge in [0.1, 0.15) is 5.82 Å². The average molecular weight is 427 g/mol. The molecule has 0 amide bonds. The lowest BCUT2D eigenvalue weighted by molar-refractivity contribution is -0.129. The van der Waals surface area contributed by atoms with Crippen molar-refractivity contribution < 1.29 is 26.7 Å². The third kappa shape index (κ3) is 5.18. The SMILES string of the molecule is O=c1c2cc(F)c(-c3ccc(C(F)F)cn3)cc2ncn1CCCCCOC(F)F. The van der Waals surface area contributed by atoms with Crippen LogP contribution in [0.25, 0.3) is 22.2 Å². The molecule has 0 atom stereocenters. The Morgan fingerprint density at radius 3 is 2.50 bits per heavy atom. The summed E-state index contributed by atoms with van der Waals surface area (Å²) >= 11 is 0. The smallest absolute Gasteiger partial charge is 0.323 e. The van der Waals surface area contributed by atoms with Crippen LogP contribution in [0.4, 0.5) is 22.0 Å². The minimum Gasteiger partial charge on any atom is -0.323 e. The van der Waals surface area contributed by atoms with Gasteiger partial charge in [-0.15, -0.1) is 0 Å². The number of pyridine rings is 1. The molecule has 0 fully saturated rings. The van der Waals surface area contributed by atoms with Crippen molar-refractivity contribution in [3.63, 3.8) is 0 Å². The van der Waals surface area contributed by atoms with E-state index in [9.17, 15) is 26.7 Å². The fraction of sp³-hybridized carbons (Fsp3) is 0.350. The van der Waals surface area contributed by atoms with E-state index >= 15 is 0 Å². The van der Waals surface area contributed by atoms with E-state index in [2.05, 4.69) is 14.7 Å². The maximum atomic E-state index is 14.6. The van der Waals surface area contributed by atoms with Crippen LogP contribution in [0.1, 0.15) is 31.3 Å². The van der Waals surface area contributed by atoms with Crippen molar-refractivity contribution in [3.05, 3.63) is 58.5 Å². The van der Waals surface area contributed by atoms with E-state index in [1.165, 1.54) is 23.0 Å². The van der Waals surface area contributed by atoms with Gasteiger partial charge in [0.05, 0.1) is 29.5 Å². The highest BCUT2D eigenvalue weighted by Gasteiger charge is 2.14. The first-order valence-corrected chi connectivity index (χ1v) is 9.19. The Balaban J connectivity index is 1.76. The molecule has 10 heteroatoms. The Bertz CT molecular complexity index is 1050. The summed E-state index contributed by atoms with van der Waals surface area (Å²) in [7, 11) is 0. The molecule has 30 heavy (non-hydrogen) atoms. The first-order valence-electron chi connectivity index (χ1n) is 9.19. The lowest BCUT2D eigenvalue weighted by Crippen LogP contribution is -2.21. The molecule has 0 N–H and O–H groups in total. The van der Waals surface area contributed by atoms with E-state index in [4.69, 9.17) is 0 Å². The van der Waals surface area contributed by atoms with Gasteiger partial charge in [-0.05, 0) is 43.5 Å². The van der Waals surface area contributed by atoms with Crippen molar-refractivity contribution in [3.8, 4) is 11.3 Å². The highest BCUT2D eigenvalue weighted by atomic mass is 19.3. The van der Waals surface area contributed by atoms with Crippen LogP contribution in [0.3, 0.4) is 0 Å². The largest absolute Gasteiger partial charge is 0.345 e. The van der Waals surface area contributed by atoms with Gasteiger partial charge in [-0.3, -0.25) is 14.3 Å². The third-order valence-corrected chi connectivity index (χ3v) is 4.51. The molecular weight excluding hydrogens is 409 g/mol. The molecule has 0 aliphatic carbocycles. The number of ether oxygens (including phenoxy) is 1. The molecule has 3 rings (SSSR count). The predicted molar refractivity (Wildman–Crippen MR) is 100.0 cm³/mol. The second-order valence-corrected chi connectivity index (χ2v) is 6.56. The maximum Gasteiger partial charge on any atom is 0.345 e. The second-order valence-electron chi connectivity index (χ2n) is 6.56. The van der Waals surface area contributed by atoms with E-state index in [1.54, 1.807) is 0 Å². The number of aromatic nitrogens is 3. The van der Waals surface area contributed by atoms with Gasteiger partial charge in [0.15, 0.2) is 0 Å². The molecule has 160 valence electrons. The standard InChI is InChI=1S/C20H18F5N3O2/c21-15-8-14-17(9-13(15)16-5-4-12(10-26-16)18(22)23)27-11-28(19(14)29)6-2-1-3-7-30-20(24)25/h4-5,8-11,18,20H,1-3,6-7H2. The normalized spacial score (nSPS) is 11.7. The molecule has 0 saturated carbocycles. The molecule has 0 unspecified atom stereocenters. The summed E-state index contributed by atoms with van der Waals surface area (Å²) in [4.78, 5) is 20.6. The summed E-state index contributed by atoms with van der Waals surface area (Å²) in [6.07, 6.45) is 1.17.